The molecule has 5 nitrogen and oxygen atoms in total. The van der Waals surface area contributed by atoms with Crippen LogP contribution in [0.2, 0.25) is 0 Å². The number of nitrogen functional groups attached to an aromatic ring is 1. The number of rotatable bonds is 2. The molecular formula is C8H9NO4. The quantitative estimate of drug-likeness (QED) is 0.586. The Morgan fingerprint density at radius 3 is 2.62 bits per heavy atom. The van der Waals surface area contributed by atoms with Gasteiger partial charge < -0.3 is 20.7 Å². The number of benzene rings is 1. The Labute approximate surface area is 74.4 Å². The highest BCUT2D eigenvalue weighted by molar-refractivity contribution is 5.95. The van der Waals surface area contributed by atoms with E-state index in [2.05, 4.69) is 0 Å². The van der Waals surface area contributed by atoms with Crippen LogP contribution in [0.15, 0.2) is 12.1 Å². The van der Waals surface area contributed by atoms with Crippen molar-refractivity contribution in [3.05, 3.63) is 17.7 Å². The normalized spacial score (nSPS) is 9.62. The Morgan fingerprint density at radius 2 is 2.15 bits per heavy atom. The highest BCUT2D eigenvalue weighted by Gasteiger charge is 2.14. The van der Waals surface area contributed by atoms with Gasteiger partial charge in [0.15, 0.2) is 11.5 Å². The summed E-state index contributed by atoms with van der Waals surface area (Å²) in [5.41, 5.74) is 5.27. The summed E-state index contributed by atoms with van der Waals surface area (Å²) < 4.78 is 4.73. The van der Waals surface area contributed by atoms with Crippen molar-refractivity contribution < 1.29 is 19.7 Å². The van der Waals surface area contributed by atoms with Crippen molar-refractivity contribution in [2.75, 3.05) is 12.8 Å². The van der Waals surface area contributed by atoms with E-state index in [0.717, 1.165) is 0 Å². The van der Waals surface area contributed by atoms with Crippen molar-refractivity contribution in [3.63, 3.8) is 0 Å². The van der Waals surface area contributed by atoms with E-state index < -0.39 is 5.97 Å². The molecule has 0 bridgehead atoms. The smallest absolute Gasteiger partial charge is 0.337 e. The van der Waals surface area contributed by atoms with Crippen molar-refractivity contribution in [2.45, 2.75) is 0 Å². The first-order valence-corrected chi connectivity index (χ1v) is 3.46. The maximum absolute atomic E-state index is 10.6. The Morgan fingerprint density at radius 1 is 1.54 bits per heavy atom. The van der Waals surface area contributed by atoms with Gasteiger partial charge in [0.05, 0.1) is 18.4 Å². The number of carboxylic acid groups (broad SMARTS) is 1. The molecule has 1 aromatic rings. The molecule has 0 aliphatic rings. The zero-order valence-electron chi connectivity index (χ0n) is 6.94. The number of hydrogen-bond donors (Lipinski definition) is 3. The molecule has 1 rings (SSSR count). The molecule has 0 aliphatic carbocycles. The molecular weight excluding hydrogens is 174 g/mol. The first-order chi connectivity index (χ1) is 6.07. The fourth-order valence-corrected chi connectivity index (χ4v) is 0.989. The molecule has 0 spiro atoms. The predicted octanol–water partition coefficient (Wildman–Crippen LogP) is 0.681. The van der Waals surface area contributed by atoms with Gasteiger partial charge in [0.25, 0.3) is 0 Å². The SMILES string of the molecule is COc1c(O)ccc(C(=O)O)c1N. The van der Waals surface area contributed by atoms with Gasteiger partial charge in [-0.1, -0.05) is 0 Å². The molecule has 0 heterocycles. The zero-order chi connectivity index (χ0) is 10.0. The van der Waals surface area contributed by atoms with E-state index >= 15 is 0 Å². The predicted molar refractivity (Wildman–Crippen MR) is 46.0 cm³/mol. The van der Waals surface area contributed by atoms with Gasteiger partial charge in [-0.25, -0.2) is 4.79 Å². The fraction of sp³-hybridized carbons (Fsp3) is 0.125. The van der Waals surface area contributed by atoms with Crippen LogP contribution >= 0.6 is 0 Å². The second-order valence-electron chi connectivity index (χ2n) is 2.38. The number of anilines is 1. The topological polar surface area (TPSA) is 92.8 Å². The number of ether oxygens (including phenoxy) is 1. The van der Waals surface area contributed by atoms with E-state index in [1.165, 1.54) is 19.2 Å². The lowest BCUT2D eigenvalue weighted by Gasteiger charge is -2.08. The number of carboxylic acids is 1. The highest BCUT2D eigenvalue weighted by Crippen LogP contribution is 2.34. The standard InChI is InChI=1S/C8H9NO4/c1-13-7-5(10)3-2-4(6(7)9)8(11)12/h2-3,10H,9H2,1H3,(H,11,12). The second kappa shape index (κ2) is 3.22. The number of nitrogens with two attached hydrogens (primary N) is 1. The third-order valence-electron chi connectivity index (χ3n) is 1.61. The molecule has 0 radical (unpaired) electrons. The van der Waals surface area contributed by atoms with Gasteiger partial charge in [0.2, 0.25) is 0 Å². The summed E-state index contributed by atoms with van der Waals surface area (Å²) in [7, 11) is 1.30. The van der Waals surface area contributed by atoms with Crippen molar-refractivity contribution >= 4 is 11.7 Å². The van der Waals surface area contributed by atoms with E-state index in [4.69, 9.17) is 15.6 Å². The molecule has 0 aliphatic heterocycles. The third kappa shape index (κ3) is 1.48. The first-order valence-electron chi connectivity index (χ1n) is 3.46. The van der Waals surface area contributed by atoms with Gasteiger partial charge in [-0.15, -0.1) is 0 Å². The van der Waals surface area contributed by atoms with Crippen molar-refractivity contribution in [3.8, 4) is 11.5 Å². The van der Waals surface area contributed by atoms with Crippen LogP contribution in [0.3, 0.4) is 0 Å². The lowest BCUT2D eigenvalue weighted by molar-refractivity contribution is 0.0697. The summed E-state index contributed by atoms with van der Waals surface area (Å²) in [5.74, 6) is -1.35. The molecule has 0 saturated heterocycles. The molecule has 0 amide bonds. The van der Waals surface area contributed by atoms with E-state index in [0.29, 0.717) is 0 Å². The molecule has 1 aromatic carbocycles. The van der Waals surface area contributed by atoms with Crippen LogP contribution in [0.4, 0.5) is 5.69 Å². The van der Waals surface area contributed by atoms with Gasteiger partial charge in [-0.3, -0.25) is 0 Å². The molecule has 4 N–H and O–H groups in total. The summed E-state index contributed by atoms with van der Waals surface area (Å²) in [6, 6.07) is 2.44. The van der Waals surface area contributed by atoms with E-state index in [-0.39, 0.29) is 22.7 Å². The summed E-state index contributed by atoms with van der Waals surface area (Å²) in [4.78, 5) is 10.6. The molecule has 0 fully saturated rings. The first kappa shape index (κ1) is 9.18. The van der Waals surface area contributed by atoms with Gasteiger partial charge in [-0.05, 0) is 12.1 Å². The maximum Gasteiger partial charge on any atom is 0.337 e. The average Bonchev–Trinajstić information content (AvgIpc) is 2.04. The molecule has 70 valence electrons. The van der Waals surface area contributed by atoms with Gasteiger partial charge in [0, 0.05) is 0 Å². The van der Waals surface area contributed by atoms with Crippen molar-refractivity contribution in [1.82, 2.24) is 0 Å². The van der Waals surface area contributed by atoms with Crippen LogP contribution in [-0.4, -0.2) is 23.3 Å². The fourth-order valence-electron chi connectivity index (χ4n) is 0.989. The number of methoxy groups -OCH3 is 1. The number of phenols is 1. The molecule has 13 heavy (non-hydrogen) atoms. The Balaban J connectivity index is 3.35. The Hall–Kier alpha value is -1.91. The van der Waals surface area contributed by atoms with Gasteiger partial charge in [0.1, 0.15) is 0 Å². The molecule has 0 saturated carbocycles. The molecule has 5 heteroatoms. The molecule has 0 unspecified atom stereocenters. The van der Waals surface area contributed by atoms with Crippen LogP contribution in [0.25, 0.3) is 0 Å². The minimum atomic E-state index is -1.16. The lowest BCUT2D eigenvalue weighted by atomic mass is 10.1. The van der Waals surface area contributed by atoms with Crippen LogP contribution in [0.5, 0.6) is 11.5 Å². The highest BCUT2D eigenvalue weighted by atomic mass is 16.5. The Kier molecular flexibility index (Phi) is 2.27. The number of aromatic hydroxyl groups is 1. The van der Waals surface area contributed by atoms with E-state index in [9.17, 15) is 9.90 Å². The van der Waals surface area contributed by atoms with Crippen LogP contribution < -0.4 is 10.5 Å². The second-order valence-corrected chi connectivity index (χ2v) is 2.38. The van der Waals surface area contributed by atoms with Crippen LogP contribution in [0.1, 0.15) is 10.4 Å². The van der Waals surface area contributed by atoms with Crippen molar-refractivity contribution in [2.24, 2.45) is 0 Å². The minimum absolute atomic E-state index is 0.0140. The van der Waals surface area contributed by atoms with Gasteiger partial charge >= 0.3 is 5.97 Å². The monoisotopic (exact) mass is 183 g/mol. The number of carbonyl (C=O) groups is 1. The largest absolute Gasteiger partial charge is 0.504 e. The summed E-state index contributed by atoms with van der Waals surface area (Å²) in [6.07, 6.45) is 0. The number of phenolic OH excluding ortho intramolecular Hbond substituents is 1. The lowest BCUT2D eigenvalue weighted by Crippen LogP contribution is -2.04. The zero-order valence-corrected chi connectivity index (χ0v) is 6.94. The summed E-state index contributed by atoms with van der Waals surface area (Å²) in [6.45, 7) is 0. The number of hydrogen-bond acceptors (Lipinski definition) is 4. The van der Waals surface area contributed by atoms with Crippen LogP contribution in [-0.2, 0) is 0 Å². The summed E-state index contributed by atoms with van der Waals surface area (Å²) in [5, 5.41) is 17.9. The summed E-state index contributed by atoms with van der Waals surface area (Å²) >= 11 is 0. The van der Waals surface area contributed by atoms with E-state index in [1.54, 1.807) is 0 Å². The Bertz CT molecular complexity index is 348. The average molecular weight is 183 g/mol. The minimum Gasteiger partial charge on any atom is -0.504 e. The third-order valence-corrected chi connectivity index (χ3v) is 1.61. The van der Waals surface area contributed by atoms with Gasteiger partial charge in [-0.2, -0.15) is 0 Å². The van der Waals surface area contributed by atoms with E-state index in [1.807, 2.05) is 0 Å². The van der Waals surface area contributed by atoms with Crippen molar-refractivity contribution in [1.29, 1.82) is 0 Å². The van der Waals surface area contributed by atoms with Crippen LogP contribution in [0, 0.1) is 0 Å². The number of aromatic carboxylic acids is 1. The molecule has 0 aromatic heterocycles. The maximum atomic E-state index is 10.6. The molecule has 0 atom stereocenters.